The molecular formula is C12H18N2. The van der Waals surface area contributed by atoms with Crippen LogP contribution >= 0.6 is 0 Å². The lowest BCUT2D eigenvalue weighted by molar-refractivity contribution is 0.641. The average Bonchev–Trinajstić information content (AvgIpc) is 2.09. The first-order valence-electron chi connectivity index (χ1n) is 5.01. The zero-order valence-electron chi connectivity index (χ0n) is 9.17. The zero-order valence-corrected chi connectivity index (χ0v) is 9.17. The smallest absolute Gasteiger partial charge is 0.115 e. The summed E-state index contributed by atoms with van der Waals surface area (Å²) in [6.45, 7) is 10.0. The van der Waals surface area contributed by atoms with Crippen LogP contribution in [0.25, 0.3) is 0 Å². The van der Waals surface area contributed by atoms with Crippen molar-refractivity contribution in [2.45, 2.75) is 33.4 Å². The van der Waals surface area contributed by atoms with Crippen molar-refractivity contribution in [3.63, 3.8) is 0 Å². The van der Waals surface area contributed by atoms with Crippen LogP contribution in [0.4, 0.5) is 0 Å². The van der Waals surface area contributed by atoms with E-state index in [2.05, 4.69) is 36.0 Å². The van der Waals surface area contributed by atoms with Gasteiger partial charge in [-0.1, -0.05) is 25.2 Å². The lowest BCUT2D eigenvalue weighted by atomic mass is 10.1. The Hall–Kier alpha value is -1.31. The van der Waals surface area contributed by atoms with Crippen molar-refractivity contribution in [1.29, 1.82) is 0 Å². The Morgan fingerprint density at radius 1 is 1.71 bits per heavy atom. The molecule has 1 aliphatic heterocycles. The average molecular weight is 190 g/mol. The fourth-order valence-electron chi connectivity index (χ4n) is 1.36. The molecule has 0 aromatic heterocycles. The highest BCUT2D eigenvalue weighted by molar-refractivity contribution is 5.85. The minimum Gasteiger partial charge on any atom is -0.363 e. The van der Waals surface area contributed by atoms with E-state index in [1.807, 2.05) is 20.1 Å². The minimum atomic E-state index is 0.162. The van der Waals surface area contributed by atoms with E-state index in [4.69, 9.17) is 0 Å². The van der Waals surface area contributed by atoms with Crippen molar-refractivity contribution in [1.82, 2.24) is 5.32 Å². The van der Waals surface area contributed by atoms with Gasteiger partial charge in [0.05, 0.1) is 0 Å². The molecule has 0 aromatic carbocycles. The summed E-state index contributed by atoms with van der Waals surface area (Å²) in [5.41, 5.74) is 3.34. The van der Waals surface area contributed by atoms with Crippen LogP contribution in [0.3, 0.4) is 0 Å². The van der Waals surface area contributed by atoms with Gasteiger partial charge < -0.3 is 5.32 Å². The second kappa shape index (κ2) is 4.80. The fraction of sp³-hybridized carbons (Fsp3) is 0.417. The summed E-state index contributed by atoms with van der Waals surface area (Å²) >= 11 is 0. The Balaban J connectivity index is 2.96. The maximum atomic E-state index is 4.31. The highest BCUT2D eigenvalue weighted by Crippen LogP contribution is 2.13. The predicted molar refractivity (Wildman–Crippen MR) is 62.4 cm³/mol. The molecule has 0 amide bonds. The second-order valence-electron chi connectivity index (χ2n) is 3.57. The second-order valence-corrected chi connectivity index (χ2v) is 3.57. The van der Waals surface area contributed by atoms with Crippen LogP contribution in [0.15, 0.2) is 40.6 Å². The van der Waals surface area contributed by atoms with Crippen LogP contribution < -0.4 is 5.32 Å². The van der Waals surface area contributed by atoms with Crippen LogP contribution in [0.2, 0.25) is 0 Å². The van der Waals surface area contributed by atoms with Crippen LogP contribution in [-0.4, -0.2) is 12.4 Å². The minimum absolute atomic E-state index is 0.162. The van der Waals surface area contributed by atoms with E-state index < -0.39 is 0 Å². The molecule has 14 heavy (non-hydrogen) atoms. The normalized spacial score (nSPS) is 26.6. The molecule has 0 fully saturated rings. The first-order valence-corrected chi connectivity index (χ1v) is 5.01. The van der Waals surface area contributed by atoms with Crippen LogP contribution in [0.5, 0.6) is 0 Å². The molecule has 1 N–H and O–H groups in total. The van der Waals surface area contributed by atoms with Gasteiger partial charge in [-0.15, -0.1) is 0 Å². The number of allylic oxidation sites excluding steroid dienone is 4. The van der Waals surface area contributed by atoms with Gasteiger partial charge in [-0.25, -0.2) is 0 Å². The summed E-state index contributed by atoms with van der Waals surface area (Å²) in [5, 5.41) is 3.32. The molecule has 1 unspecified atom stereocenters. The largest absolute Gasteiger partial charge is 0.363 e. The number of rotatable bonds is 2. The molecule has 2 nitrogen and oxygen atoms in total. The SMILES string of the molecule is C=C(C)/C=C1/NC(C)N=C/C1=C/CC. The fourth-order valence-corrected chi connectivity index (χ4v) is 1.36. The lowest BCUT2D eigenvalue weighted by Gasteiger charge is -2.20. The van der Waals surface area contributed by atoms with Gasteiger partial charge in [-0.2, -0.15) is 0 Å². The van der Waals surface area contributed by atoms with Crippen LogP contribution in [-0.2, 0) is 0 Å². The number of hydrogen-bond donors (Lipinski definition) is 1. The molecule has 0 radical (unpaired) electrons. The van der Waals surface area contributed by atoms with Gasteiger partial charge in [-0.05, 0) is 26.3 Å². The van der Waals surface area contributed by atoms with E-state index in [0.29, 0.717) is 0 Å². The quantitative estimate of drug-likeness (QED) is 0.711. The molecule has 76 valence electrons. The highest BCUT2D eigenvalue weighted by atomic mass is 15.1. The topological polar surface area (TPSA) is 24.4 Å². The van der Waals surface area contributed by atoms with E-state index >= 15 is 0 Å². The van der Waals surface area contributed by atoms with Gasteiger partial charge in [0.1, 0.15) is 6.17 Å². The summed E-state index contributed by atoms with van der Waals surface area (Å²) < 4.78 is 0. The monoisotopic (exact) mass is 190 g/mol. The first-order chi connectivity index (χ1) is 6.63. The molecule has 0 aromatic rings. The van der Waals surface area contributed by atoms with E-state index in [0.717, 1.165) is 23.3 Å². The summed E-state index contributed by atoms with van der Waals surface area (Å²) in [7, 11) is 0. The van der Waals surface area contributed by atoms with Crippen molar-refractivity contribution in [2.24, 2.45) is 4.99 Å². The van der Waals surface area contributed by atoms with Crippen molar-refractivity contribution in [3.8, 4) is 0 Å². The molecule has 0 saturated heterocycles. The van der Waals surface area contributed by atoms with Gasteiger partial charge >= 0.3 is 0 Å². The van der Waals surface area contributed by atoms with Gasteiger partial charge in [0.2, 0.25) is 0 Å². The molecule has 1 atom stereocenters. The highest BCUT2D eigenvalue weighted by Gasteiger charge is 2.10. The third kappa shape index (κ3) is 2.87. The van der Waals surface area contributed by atoms with Crippen molar-refractivity contribution >= 4 is 6.21 Å². The molecular weight excluding hydrogens is 172 g/mol. The Labute approximate surface area is 86.1 Å². The van der Waals surface area contributed by atoms with Crippen molar-refractivity contribution in [3.05, 3.63) is 35.6 Å². The van der Waals surface area contributed by atoms with Crippen LogP contribution in [0, 0.1) is 0 Å². The maximum absolute atomic E-state index is 4.31. The van der Waals surface area contributed by atoms with Gasteiger partial charge in [0.25, 0.3) is 0 Å². The molecule has 1 aliphatic rings. The molecule has 0 saturated carbocycles. The molecule has 0 aliphatic carbocycles. The molecule has 1 rings (SSSR count). The summed E-state index contributed by atoms with van der Waals surface area (Å²) in [6, 6.07) is 0. The molecule has 2 heteroatoms. The van der Waals surface area contributed by atoms with Gasteiger partial charge in [0, 0.05) is 17.5 Å². The third-order valence-corrected chi connectivity index (χ3v) is 1.93. The van der Waals surface area contributed by atoms with E-state index in [9.17, 15) is 0 Å². The third-order valence-electron chi connectivity index (χ3n) is 1.93. The zero-order chi connectivity index (χ0) is 10.6. The molecule has 0 bridgehead atoms. The predicted octanol–water partition coefficient (Wildman–Crippen LogP) is 2.80. The van der Waals surface area contributed by atoms with E-state index in [1.165, 1.54) is 0 Å². The summed E-state index contributed by atoms with van der Waals surface area (Å²) in [4.78, 5) is 4.31. The molecule has 0 spiro atoms. The number of aliphatic imine (C=N–C) groups is 1. The first kappa shape index (κ1) is 10.8. The standard InChI is InChI=1S/C12H18N2/c1-5-6-11-8-13-10(4)14-12(11)7-9(2)3/h6-8,10,14H,2,5H2,1,3-4H3/b11-6-,12-7+. The van der Waals surface area contributed by atoms with E-state index in [-0.39, 0.29) is 6.17 Å². The summed E-state index contributed by atoms with van der Waals surface area (Å²) in [5.74, 6) is 0. The Morgan fingerprint density at radius 2 is 2.43 bits per heavy atom. The van der Waals surface area contributed by atoms with E-state index in [1.54, 1.807) is 0 Å². The number of hydrogen-bond acceptors (Lipinski definition) is 2. The van der Waals surface area contributed by atoms with Crippen molar-refractivity contribution in [2.75, 3.05) is 0 Å². The van der Waals surface area contributed by atoms with Crippen LogP contribution in [0.1, 0.15) is 27.2 Å². The Bertz CT molecular complexity index is 308. The molecule has 1 heterocycles. The number of nitrogens with zero attached hydrogens (tertiary/aromatic N) is 1. The van der Waals surface area contributed by atoms with Crippen molar-refractivity contribution < 1.29 is 0 Å². The van der Waals surface area contributed by atoms with Gasteiger partial charge in [0.15, 0.2) is 0 Å². The Kier molecular flexibility index (Phi) is 3.69. The lowest BCUT2D eigenvalue weighted by Crippen LogP contribution is -2.29. The Morgan fingerprint density at radius 3 is 3.00 bits per heavy atom. The summed E-state index contributed by atoms with van der Waals surface area (Å²) in [6.07, 6.45) is 7.33. The maximum Gasteiger partial charge on any atom is 0.115 e. The van der Waals surface area contributed by atoms with Gasteiger partial charge in [-0.3, -0.25) is 4.99 Å². The number of nitrogens with one attached hydrogen (secondary N) is 1.